The van der Waals surface area contributed by atoms with Crippen LogP contribution in [0.1, 0.15) is 6.42 Å². The molecule has 0 fully saturated rings. The van der Waals surface area contributed by atoms with E-state index < -0.39 is 6.10 Å². The highest BCUT2D eigenvalue weighted by Crippen LogP contribution is 2.29. The second-order valence-electron chi connectivity index (χ2n) is 3.50. The van der Waals surface area contributed by atoms with E-state index in [2.05, 4.69) is 15.9 Å². The van der Waals surface area contributed by atoms with Gasteiger partial charge in [0.25, 0.3) is 0 Å². The molecule has 86 valence electrons. The number of thioether (sulfide) groups is 1. The summed E-state index contributed by atoms with van der Waals surface area (Å²) in [6, 6.07) is 8.00. The molecule has 0 aromatic heterocycles. The van der Waals surface area contributed by atoms with Crippen LogP contribution in [0.2, 0.25) is 0 Å². The molecule has 2 nitrogen and oxygen atoms in total. The molecule has 0 saturated carbocycles. The Labute approximate surface area is 108 Å². The van der Waals surface area contributed by atoms with E-state index in [1.807, 2.05) is 30.3 Å². The topological polar surface area (TPSA) is 29.5 Å². The maximum absolute atomic E-state index is 9.87. The minimum atomic E-state index is -0.500. The third kappa shape index (κ3) is 3.03. The van der Waals surface area contributed by atoms with Crippen molar-refractivity contribution in [1.82, 2.24) is 0 Å². The van der Waals surface area contributed by atoms with Gasteiger partial charge in [-0.15, -0.1) is 11.8 Å². The highest BCUT2D eigenvalue weighted by atomic mass is 79.9. The van der Waals surface area contributed by atoms with Gasteiger partial charge in [0.2, 0.25) is 0 Å². The number of rotatable bonds is 4. The molecule has 16 heavy (non-hydrogen) atoms. The predicted octanol–water partition coefficient (Wildman–Crippen LogP) is 3.21. The molecule has 0 spiro atoms. The molecule has 1 aromatic rings. The maximum atomic E-state index is 9.87. The number of halogens is 1. The van der Waals surface area contributed by atoms with Gasteiger partial charge in [0.15, 0.2) is 0 Å². The predicted molar refractivity (Wildman–Crippen MR) is 69.5 cm³/mol. The van der Waals surface area contributed by atoms with Crippen molar-refractivity contribution in [3.8, 4) is 0 Å². The Bertz CT molecular complexity index is 392. The van der Waals surface area contributed by atoms with Crippen LogP contribution in [0.5, 0.6) is 0 Å². The summed E-state index contributed by atoms with van der Waals surface area (Å²) in [5, 5.41) is 9.87. The lowest BCUT2D eigenvalue weighted by molar-refractivity contribution is 0.133. The molecule has 1 aliphatic heterocycles. The summed E-state index contributed by atoms with van der Waals surface area (Å²) in [6.07, 6.45) is 2.37. The van der Waals surface area contributed by atoms with Gasteiger partial charge in [0.1, 0.15) is 11.9 Å². The maximum Gasteiger partial charge on any atom is 0.121 e. The molecular formula is C12H13BrO2S. The number of hydrogen-bond acceptors (Lipinski definition) is 3. The van der Waals surface area contributed by atoms with E-state index in [9.17, 15) is 5.11 Å². The zero-order valence-electron chi connectivity index (χ0n) is 8.73. The summed E-state index contributed by atoms with van der Waals surface area (Å²) < 4.78 is 6.38. The largest absolute Gasteiger partial charge is 0.495 e. The Morgan fingerprint density at radius 3 is 2.94 bits per heavy atom. The summed E-state index contributed by atoms with van der Waals surface area (Å²) in [5.41, 5.74) is 0. The van der Waals surface area contributed by atoms with Crippen molar-refractivity contribution >= 4 is 27.7 Å². The highest BCUT2D eigenvalue weighted by molar-refractivity contribution is 9.10. The van der Waals surface area contributed by atoms with E-state index in [1.54, 1.807) is 11.8 Å². The summed E-state index contributed by atoms with van der Waals surface area (Å²) in [6.45, 7) is 0.700. The fourth-order valence-corrected chi connectivity index (χ4v) is 2.99. The Balaban J connectivity index is 1.90. The second kappa shape index (κ2) is 5.75. The van der Waals surface area contributed by atoms with Gasteiger partial charge < -0.3 is 9.84 Å². The lowest BCUT2D eigenvalue weighted by Gasteiger charge is -2.12. The van der Waals surface area contributed by atoms with E-state index in [0.29, 0.717) is 12.4 Å². The van der Waals surface area contributed by atoms with Crippen molar-refractivity contribution < 1.29 is 9.84 Å². The van der Waals surface area contributed by atoms with E-state index >= 15 is 0 Å². The van der Waals surface area contributed by atoms with E-state index in [-0.39, 0.29) is 0 Å². The van der Waals surface area contributed by atoms with Gasteiger partial charge >= 0.3 is 0 Å². The zero-order chi connectivity index (χ0) is 11.4. The fourth-order valence-electron chi connectivity index (χ4n) is 1.48. The number of hydrogen-bond donors (Lipinski definition) is 1. The van der Waals surface area contributed by atoms with Gasteiger partial charge in [0, 0.05) is 21.5 Å². The fraction of sp³-hybridized carbons (Fsp3) is 0.333. The first-order valence-corrected chi connectivity index (χ1v) is 6.93. The van der Waals surface area contributed by atoms with Crippen LogP contribution in [0.4, 0.5) is 0 Å². The molecule has 2 rings (SSSR count). The third-order valence-electron chi connectivity index (χ3n) is 2.29. The van der Waals surface area contributed by atoms with E-state index in [4.69, 9.17) is 4.74 Å². The van der Waals surface area contributed by atoms with Gasteiger partial charge in [-0.05, 0) is 34.1 Å². The van der Waals surface area contributed by atoms with Crippen molar-refractivity contribution in [2.45, 2.75) is 17.4 Å². The lowest BCUT2D eigenvalue weighted by atomic mass is 10.3. The van der Waals surface area contributed by atoms with Crippen LogP contribution < -0.4 is 0 Å². The van der Waals surface area contributed by atoms with Crippen LogP contribution in [-0.4, -0.2) is 23.6 Å². The summed E-state index contributed by atoms with van der Waals surface area (Å²) >= 11 is 5.11. The average Bonchev–Trinajstić information content (AvgIpc) is 2.81. The molecule has 1 heterocycles. The molecule has 4 heteroatoms. The second-order valence-corrected chi connectivity index (χ2v) is 5.42. The molecule has 0 bridgehead atoms. The van der Waals surface area contributed by atoms with Crippen LogP contribution in [0, 0.1) is 0 Å². The molecule has 1 aromatic carbocycles. The van der Waals surface area contributed by atoms with Crippen molar-refractivity contribution in [3.05, 3.63) is 40.6 Å². The summed E-state index contributed by atoms with van der Waals surface area (Å²) in [7, 11) is 0. The molecule has 1 atom stereocenters. The first-order chi connectivity index (χ1) is 7.77. The van der Waals surface area contributed by atoms with Crippen LogP contribution in [0.3, 0.4) is 0 Å². The number of ether oxygens (including phenoxy) is 1. The number of aliphatic hydroxyl groups is 1. The molecule has 0 aliphatic carbocycles. The Hall–Kier alpha value is -0.450. The number of benzene rings is 1. The monoisotopic (exact) mass is 300 g/mol. The van der Waals surface area contributed by atoms with Crippen molar-refractivity contribution in [2.75, 3.05) is 12.4 Å². The molecule has 1 aliphatic rings. The Morgan fingerprint density at radius 1 is 1.44 bits per heavy atom. The Morgan fingerprint density at radius 2 is 2.25 bits per heavy atom. The van der Waals surface area contributed by atoms with Gasteiger partial charge in [-0.3, -0.25) is 0 Å². The zero-order valence-corrected chi connectivity index (χ0v) is 11.1. The van der Waals surface area contributed by atoms with Gasteiger partial charge in [-0.1, -0.05) is 12.1 Å². The van der Waals surface area contributed by atoms with Gasteiger partial charge in [-0.2, -0.15) is 0 Å². The van der Waals surface area contributed by atoms with Crippen molar-refractivity contribution in [2.24, 2.45) is 0 Å². The van der Waals surface area contributed by atoms with Gasteiger partial charge in [-0.25, -0.2) is 0 Å². The van der Waals surface area contributed by atoms with Crippen molar-refractivity contribution in [1.29, 1.82) is 0 Å². The quantitative estimate of drug-likeness (QED) is 0.866. The third-order valence-corrected chi connectivity index (χ3v) is 4.40. The average molecular weight is 301 g/mol. The van der Waals surface area contributed by atoms with E-state index in [0.717, 1.165) is 21.5 Å². The molecule has 0 radical (unpaired) electrons. The molecular weight excluding hydrogens is 288 g/mol. The molecule has 1 unspecified atom stereocenters. The van der Waals surface area contributed by atoms with Crippen molar-refractivity contribution in [3.63, 3.8) is 0 Å². The minimum Gasteiger partial charge on any atom is -0.495 e. The SMILES string of the molecule is OC(CSc1ccccc1Br)C1=CCCO1. The summed E-state index contributed by atoms with van der Waals surface area (Å²) in [5.74, 6) is 1.34. The number of aliphatic hydroxyl groups excluding tert-OH is 1. The normalized spacial score (nSPS) is 16.8. The smallest absolute Gasteiger partial charge is 0.121 e. The standard InChI is InChI=1S/C12H13BrO2S/c13-9-4-1-2-6-12(9)16-8-10(14)11-5-3-7-15-11/h1-2,4-6,10,14H,3,7-8H2. The molecule has 1 N–H and O–H groups in total. The van der Waals surface area contributed by atoms with Crippen LogP contribution >= 0.6 is 27.7 Å². The highest BCUT2D eigenvalue weighted by Gasteiger charge is 2.16. The van der Waals surface area contributed by atoms with Gasteiger partial charge in [0.05, 0.1) is 6.61 Å². The van der Waals surface area contributed by atoms with E-state index in [1.165, 1.54) is 0 Å². The molecule has 0 saturated heterocycles. The van der Waals surface area contributed by atoms with Crippen LogP contribution in [0.25, 0.3) is 0 Å². The van der Waals surface area contributed by atoms with Crippen LogP contribution in [-0.2, 0) is 4.74 Å². The summed E-state index contributed by atoms with van der Waals surface area (Å²) in [4.78, 5) is 1.14. The lowest BCUT2D eigenvalue weighted by Crippen LogP contribution is -2.13. The van der Waals surface area contributed by atoms with Crippen LogP contribution in [0.15, 0.2) is 45.5 Å². The first-order valence-electron chi connectivity index (χ1n) is 5.15. The Kier molecular flexibility index (Phi) is 4.32. The minimum absolute atomic E-state index is 0.500. The molecule has 0 amide bonds. The first kappa shape index (κ1) is 12.0.